The Morgan fingerprint density at radius 1 is 1.07 bits per heavy atom. The van der Waals surface area contributed by atoms with Gasteiger partial charge in [0.1, 0.15) is 11.4 Å². The number of nitrogens with one attached hydrogen (secondary N) is 1. The Bertz CT molecular complexity index is 1240. The Hall–Kier alpha value is -3.03. The average molecular weight is 414 g/mol. The number of imidazole rings is 1. The van der Waals surface area contributed by atoms with E-state index in [1.807, 2.05) is 41.1 Å². The van der Waals surface area contributed by atoms with Crippen molar-refractivity contribution in [1.29, 1.82) is 0 Å². The Labute approximate surface area is 167 Å². The number of hydrogen-bond acceptors (Lipinski definition) is 4. The third-order valence-electron chi connectivity index (χ3n) is 4.21. The second kappa shape index (κ2) is 7.18. The molecule has 0 radical (unpaired) electrons. The smallest absolute Gasteiger partial charge is 0.261 e. The zero-order chi connectivity index (χ0) is 19.7. The van der Waals surface area contributed by atoms with Gasteiger partial charge in [-0.1, -0.05) is 29.8 Å². The number of rotatable bonds is 5. The molecule has 8 heteroatoms. The van der Waals surface area contributed by atoms with Crippen molar-refractivity contribution in [3.05, 3.63) is 78.1 Å². The van der Waals surface area contributed by atoms with E-state index >= 15 is 0 Å². The van der Waals surface area contributed by atoms with Crippen molar-refractivity contribution in [2.45, 2.75) is 4.90 Å². The highest BCUT2D eigenvalue weighted by Gasteiger charge is 2.17. The molecule has 0 bridgehead atoms. The van der Waals surface area contributed by atoms with Crippen LogP contribution in [0.3, 0.4) is 0 Å². The number of nitrogens with zero attached hydrogens (tertiary/aromatic N) is 2. The first-order valence-corrected chi connectivity index (χ1v) is 10.2. The van der Waals surface area contributed by atoms with Crippen LogP contribution in [0, 0.1) is 0 Å². The molecule has 28 heavy (non-hydrogen) atoms. The summed E-state index contributed by atoms with van der Waals surface area (Å²) in [6.07, 6.45) is 3.80. The quantitative estimate of drug-likeness (QED) is 0.524. The van der Waals surface area contributed by atoms with Gasteiger partial charge in [-0.25, -0.2) is 13.4 Å². The third-order valence-corrected chi connectivity index (χ3v) is 5.88. The first-order chi connectivity index (χ1) is 13.5. The molecule has 0 saturated heterocycles. The molecule has 4 aromatic rings. The maximum atomic E-state index is 12.7. The van der Waals surface area contributed by atoms with Gasteiger partial charge in [-0.05, 0) is 42.5 Å². The average Bonchev–Trinajstić information content (AvgIpc) is 3.12. The van der Waals surface area contributed by atoms with Crippen LogP contribution in [0.25, 0.3) is 16.9 Å². The van der Waals surface area contributed by atoms with E-state index in [-0.39, 0.29) is 9.92 Å². The van der Waals surface area contributed by atoms with Gasteiger partial charge in [0.15, 0.2) is 0 Å². The number of hydrogen-bond donors (Lipinski definition) is 1. The van der Waals surface area contributed by atoms with Crippen LogP contribution in [0.4, 0.5) is 5.69 Å². The number of pyridine rings is 1. The fourth-order valence-corrected chi connectivity index (χ4v) is 4.24. The Morgan fingerprint density at radius 2 is 1.93 bits per heavy atom. The summed E-state index contributed by atoms with van der Waals surface area (Å²) in [5.74, 6) is 0.412. The summed E-state index contributed by atoms with van der Waals surface area (Å²) in [7, 11) is -2.33. The molecule has 0 aliphatic heterocycles. The Kier molecular flexibility index (Phi) is 4.70. The predicted octanol–water partition coefficient (Wildman–Crippen LogP) is 4.46. The van der Waals surface area contributed by atoms with Gasteiger partial charge in [0.25, 0.3) is 10.0 Å². The maximum absolute atomic E-state index is 12.7. The molecule has 6 nitrogen and oxygen atoms in total. The van der Waals surface area contributed by atoms with E-state index in [2.05, 4.69) is 9.71 Å². The minimum absolute atomic E-state index is 0.0523. The fraction of sp³-hybridized carbons (Fsp3) is 0.0500. The normalized spacial score (nSPS) is 11.5. The molecule has 0 atom stereocenters. The van der Waals surface area contributed by atoms with Crippen LogP contribution in [0.1, 0.15) is 0 Å². The summed E-state index contributed by atoms with van der Waals surface area (Å²) < 4.78 is 35.0. The van der Waals surface area contributed by atoms with E-state index in [9.17, 15) is 8.42 Å². The summed E-state index contributed by atoms with van der Waals surface area (Å²) in [6, 6.07) is 17.1. The molecule has 1 N–H and O–H groups in total. The lowest BCUT2D eigenvalue weighted by molar-refractivity contribution is 0.414. The van der Waals surface area contributed by atoms with Crippen LogP contribution < -0.4 is 9.46 Å². The second-order valence-electron chi connectivity index (χ2n) is 6.07. The molecule has 0 aliphatic carbocycles. The monoisotopic (exact) mass is 413 g/mol. The Morgan fingerprint density at radius 3 is 2.68 bits per heavy atom. The van der Waals surface area contributed by atoms with Crippen molar-refractivity contribution in [3.63, 3.8) is 0 Å². The lowest BCUT2D eigenvalue weighted by Crippen LogP contribution is -2.13. The van der Waals surface area contributed by atoms with Gasteiger partial charge in [0, 0.05) is 23.6 Å². The molecular formula is C20H16ClN3O3S. The summed E-state index contributed by atoms with van der Waals surface area (Å²) in [5, 5.41) is 0.226. The molecule has 0 amide bonds. The van der Waals surface area contributed by atoms with Crippen LogP contribution in [-0.2, 0) is 10.0 Å². The van der Waals surface area contributed by atoms with Crippen LogP contribution in [0.2, 0.25) is 5.02 Å². The summed E-state index contributed by atoms with van der Waals surface area (Å²) in [6.45, 7) is 0. The van der Waals surface area contributed by atoms with E-state index in [1.54, 1.807) is 18.2 Å². The predicted molar refractivity (Wildman–Crippen MR) is 109 cm³/mol. The van der Waals surface area contributed by atoms with Gasteiger partial charge in [-0.3, -0.25) is 4.72 Å². The van der Waals surface area contributed by atoms with Gasteiger partial charge in [0.2, 0.25) is 0 Å². The number of sulfonamides is 1. The van der Waals surface area contributed by atoms with Crippen LogP contribution in [0.15, 0.2) is 78.0 Å². The number of aromatic nitrogens is 2. The zero-order valence-corrected chi connectivity index (χ0v) is 16.4. The molecule has 0 fully saturated rings. The topological polar surface area (TPSA) is 72.7 Å². The van der Waals surface area contributed by atoms with E-state index in [1.165, 1.54) is 25.3 Å². The van der Waals surface area contributed by atoms with Crippen molar-refractivity contribution in [2.75, 3.05) is 11.8 Å². The van der Waals surface area contributed by atoms with Gasteiger partial charge >= 0.3 is 0 Å². The molecule has 142 valence electrons. The van der Waals surface area contributed by atoms with E-state index in [0.717, 1.165) is 16.9 Å². The summed E-state index contributed by atoms with van der Waals surface area (Å²) in [5.41, 5.74) is 2.80. The number of methoxy groups -OCH3 is 1. The number of benzene rings is 2. The molecule has 0 aliphatic rings. The van der Waals surface area contributed by atoms with E-state index in [4.69, 9.17) is 16.3 Å². The third kappa shape index (κ3) is 3.54. The van der Waals surface area contributed by atoms with Crippen molar-refractivity contribution in [2.24, 2.45) is 0 Å². The number of halogens is 1. The largest absolute Gasteiger partial charge is 0.495 e. The van der Waals surface area contributed by atoms with Crippen molar-refractivity contribution in [3.8, 4) is 17.0 Å². The van der Waals surface area contributed by atoms with Crippen molar-refractivity contribution < 1.29 is 13.2 Å². The highest BCUT2D eigenvalue weighted by molar-refractivity contribution is 7.92. The standard InChI is InChI=1S/C20H16ClN3O3S/c1-27-19-9-8-16(12-17(19)21)28(25,26)23-15-6-4-5-14(11-15)18-13-24-10-3-2-7-20(24)22-18/h2-13,23H,1H3. The molecule has 4 rings (SSSR count). The minimum Gasteiger partial charge on any atom is -0.495 e. The van der Waals surface area contributed by atoms with Crippen molar-refractivity contribution >= 4 is 33.0 Å². The molecule has 0 saturated carbocycles. The molecule has 0 spiro atoms. The van der Waals surface area contributed by atoms with E-state index in [0.29, 0.717) is 11.4 Å². The van der Waals surface area contributed by atoms with Crippen LogP contribution in [0.5, 0.6) is 5.75 Å². The molecule has 2 aromatic heterocycles. The lowest BCUT2D eigenvalue weighted by Gasteiger charge is -2.10. The van der Waals surface area contributed by atoms with Crippen molar-refractivity contribution in [1.82, 2.24) is 9.38 Å². The Balaban J connectivity index is 1.65. The zero-order valence-electron chi connectivity index (χ0n) is 14.8. The molecule has 2 heterocycles. The highest BCUT2D eigenvalue weighted by Crippen LogP contribution is 2.29. The van der Waals surface area contributed by atoms with E-state index < -0.39 is 10.0 Å². The number of anilines is 1. The van der Waals surface area contributed by atoms with Gasteiger partial charge in [0.05, 0.1) is 22.7 Å². The second-order valence-corrected chi connectivity index (χ2v) is 8.16. The van der Waals surface area contributed by atoms with Gasteiger partial charge < -0.3 is 9.14 Å². The number of fused-ring (bicyclic) bond motifs is 1. The summed E-state index contributed by atoms with van der Waals surface area (Å²) in [4.78, 5) is 4.62. The van der Waals surface area contributed by atoms with Gasteiger partial charge in [-0.2, -0.15) is 0 Å². The highest BCUT2D eigenvalue weighted by atomic mass is 35.5. The van der Waals surface area contributed by atoms with Crippen LogP contribution >= 0.6 is 11.6 Å². The summed E-state index contributed by atoms with van der Waals surface area (Å²) >= 11 is 6.05. The number of ether oxygens (including phenoxy) is 1. The first-order valence-electron chi connectivity index (χ1n) is 8.37. The van der Waals surface area contributed by atoms with Gasteiger partial charge in [-0.15, -0.1) is 0 Å². The van der Waals surface area contributed by atoms with Crippen LogP contribution in [-0.4, -0.2) is 24.9 Å². The molecular weight excluding hydrogens is 398 g/mol. The fourth-order valence-electron chi connectivity index (χ4n) is 2.84. The SMILES string of the molecule is COc1ccc(S(=O)(=O)Nc2cccc(-c3cn4ccccc4n3)c2)cc1Cl. The first kappa shape index (κ1) is 18.3. The minimum atomic E-state index is -3.80. The lowest BCUT2D eigenvalue weighted by atomic mass is 10.1. The molecule has 2 aromatic carbocycles. The maximum Gasteiger partial charge on any atom is 0.261 e. The molecule has 0 unspecified atom stereocenters.